The first kappa shape index (κ1) is 13.3. The first-order valence-electron chi connectivity index (χ1n) is 6.65. The molecule has 2 amide bonds. The van der Waals surface area contributed by atoms with Gasteiger partial charge in [0.1, 0.15) is 12.0 Å². The minimum atomic E-state index is -0.291. The molecule has 0 radical (unpaired) electrons. The van der Waals surface area contributed by atoms with Gasteiger partial charge in [-0.15, -0.1) is 0 Å². The number of amides is 2. The van der Waals surface area contributed by atoms with Gasteiger partial charge < -0.3 is 14.7 Å². The second-order valence-corrected chi connectivity index (χ2v) is 4.81. The number of carbonyl (C=O) groups is 2. The first-order valence-corrected chi connectivity index (χ1v) is 6.65. The van der Waals surface area contributed by atoms with Crippen LogP contribution in [0.2, 0.25) is 0 Å². The number of carbonyl (C=O) groups excluding carboxylic acids is 2. The van der Waals surface area contributed by atoms with Crippen LogP contribution in [0.4, 0.5) is 0 Å². The molecule has 2 aromatic heterocycles. The molecule has 3 rings (SSSR count). The number of rotatable bonds is 3. The van der Waals surface area contributed by atoms with Crippen molar-refractivity contribution in [3.8, 4) is 0 Å². The summed E-state index contributed by atoms with van der Waals surface area (Å²) in [4.78, 5) is 29.8. The Balaban J connectivity index is 1.58. The molecule has 1 aliphatic heterocycles. The molecule has 0 bridgehead atoms. The van der Waals surface area contributed by atoms with Gasteiger partial charge in [-0.2, -0.15) is 0 Å². The highest BCUT2D eigenvalue weighted by atomic mass is 16.5. The standard InChI is InChI=1S/C14H14N4O3/c19-13(11-5-8-21-17-11)16-10-4-7-18(9-10)14(20)12-3-1-2-6-15-12/h1-3,5-6,8,10H,4,7,9H2,(H,16,19)/t10-/m0/s1. The van der Waals surface area contributed by atoms with Gasteiger partial charge in [-0.3, -0.25) is 14.6 Å². The average Bonchev–Trinajstić information content (AvgIpc) is 3.19. The predicted octanol–water partition coefficient (Wildman–Crippen LogP) is 0.714. The fourth-order valence-corrected chi connectivity index (χ4v) is 2.30. The maximum atomic E-state index is 12.2. The van der Waals surface area contributed by atoms with Crippen LogP contribution in [0.5, 0.6) is 0 Å². The Labute approximate surface area is 120 Å². The van der Waals surface area contributed by atoms with Gasteiger partial charge in [-0.05, 0) is 18.6 Å². The minimum absolute atomic E-state index is 0.0816. The van der Waals surface area contributed by atoms with Crippen LogP contribution in [-0.4, -0.2) is 46.0 Å². The Hall–Kier alpha value is -2.70. The van der Waals surface area contributed by atoms with E-state index in [0.29, 0.717) is 25.2 Å². The van der Waals surface area contributed by atoms with Crippen molar-refractivity contribution < 1.29 is 14.1 Å². The third-order valence-corrected chi connectivity index (χ3v) is 3.37. The van der Waals surface area contributed by atoms with Crippen molar-refractivity contribution in [2.24, 2.45) is 0 Å². The summed E-state index contributed by atoms with van der Waals surface area (Å²) in [6, 6.07) is 6.65. The normalized spacial score (nSPS) is 17.7. The van der Waals surface area contributed by atoms with Gasteiger partial charge in [0.05, 0.1) is 0 Å². The summed E-state index contributed by atoms with van der Waals surface area (Å²) in [5.41, 5.74) is 0.658. The number of nitrogens with zero attached hydrogens (tertiary/aromatic N) is 3. The van der Waals surface area contributed by atoms with E-state index in [9.17, 15) is 9.59 Å². The zero-order valence-corrected chi connectivity index (χ0v) is 11.2. The lowest BCUT2D eigenvalue weighted by molar-refractivity contribution is 0.0777. The van der Waals surface area contributed by atoms with E-state index < -0.39 is 0 Å². The van der Waals surface area contributed by atoms with Crippen LogP contribution in [-0.2, 0) is 0 Å². The first-order chi connectivity index (χ1) is 10.2. The second kappa shape index (κ2) is 5.74. The van der Waals surface area contributed by atoms with Crippen molar-refractivity contribution >= 4 is 11.8 Å². The van der Waals surface area contributed by atoms with Crippen LogP contribution in [0.1, 0.15) is 27.4 Å². The van der Waals surface area contributed by atoms with Crippen molar-refractivity contribution in [1.29, 1.82) is 0 Å². The molecule has 1 fully saturated rings. The van der Waals surface area contributed by atoms with Gasteiger partial charge in [-0.25, -0.2) is 0 Å². The number of aromatic nitrogens is 2. The van der Waals surface area contributed by atoms with Crippen molar-refractivity contribution in [3.05, 3.63) is 48.1 Å². The number of pyridine rings is 1. The number of hydrogen-bond acceptors (Lipinski definition) is 5. The molecule has 0 spiro atoms. The Morgan fingerprint density at radius 2 is 2.19 bits per heavy atom. The molecule has 0 aromatic carbocycles. The van der Waals surface area contributed by atoms with Gasteiger partial charge in [0.15, 0.2) is 5.69 Å². The molecular formula is C14H14N4O3. The molecule has 21 heavy (non-hydrogen) atoms. The number of likely N-dealkylation sites (tertiary alicyclic amines) is 1. The summed E-state index contributed by atoms with van der Waals surface area (Å²) < 4.78 is 4.63. The molecule has 7 nitrogen and oxygen atoms in total. The van der Waals surface area contributed by atoms with E-state index in [-0.39, 0.29) is 23.6 Å². The van der Waals surface area contributed by atoms with Gasteiger partial charge in [0.2, 0.25) is 0 Å². The smallest absolute Gasteiger partial charge is 0.273 e. The number of nitrogens with one attached hydrogen (secondary N) is 1. The fourth-order valence-electron chi connectivity index (χ4n) is 2.30. The van der Waals surface area contributed by atoms with Crippen LogP contribution in [0.25, 0.3) is 0 Å². The highest BCUT2D eigenvalue weighted by molar-refractivity contribution is 5.93. The van der Waals surface area contributed by atoms with E-state index in [4.69, 9.17) is 0 Å². The molecule has 3 heterocycles. The molecule has 0 aliphatic carbocycles. The van der Waals surface area contributed by atoms with Gasteiger partial charge in [0.25, 0.3) is 11.8 Å². The topological polar surface area (TPSA) is 88.3 Å². The predicted molar refractivity (Wildman–Crippen MR) is 72.5 cm³/mol. The monoisotopic (exact) mass is 286 g/mol. The molecule has 0 unspecified atom stereocenters. The van der Waals surface area contributed by atoms with Crippen LogP contribution in [0.15, 0.2) is 41.2 Å². The van der Waals surface area contributed by atoms with Crippen molar-refractivity contribution in [2.45, 2.75) is 12.5 Å². The molecule has 2 aromatic rings. The van der Waals surface area contributed by atoms with E-state index >= 15 is 0 Å². The fraction of sp³-hybridized carbons (Fsp3) is 0.286. The summed E-state index contributed by atoms with van der Waals surface area (Å²) in [7, 11) is 0. The molecule has 1 saturated heterocycles. The van der Waals surface area contributed by atoms with E-state index in [0.717, 1.165) is 0 Å². The van der Waals surface area contributed by atoms with Crippen LogP contribution in [0.3, 0.4) is 0 Å². The Bertz CT molecular complexity index is 627. The largest absolute Gasteiger partial charge is 0.364 e. The maximum Gasteiger partial charge on any atom is 0.273 e. The molecule has 1 atom stereocenters. The minimum Gasteiger partial charge on any atom is -0.364 e. The Kier molecular flexibility index (Phi) is 3.63. The van der Waals surface area contributed by atoms with E-state index in [2.05, 4.69) is 20.0 Å². The molecular weight excluding hydrogens is 272 g/mol. The maximum absolute atomic E-state index is 12.2. The lowest BCUT2D eigenvalue weighted by atomic mass is 10.2. The van der Waals surface area contributed by atoms with Gasteiger partial charge in [-0.1, -0.05) is 11.2 Å². The van der Waals surface area contributed by atoms with Crippen molar-refractivity contribution in [3.63, 3.8) is 0 Å². The van der Waals surface area contributed by atoms with Crippen LogP contribution < -0.4 is 5.32 Å². The Morgan fingerprint density at radius 3 is 2.90 bits per heavy atom. The van der Waals surface area contributed by atoms with E-state index in [1.807, 2.05) is 0 Å². The lowest BCUT2D eigenvalue weighted by Crippen LogP contribution is -2.38. The highest BCUT2D eigenvalue weighted by Crippen LogP contribution is 2.13. The summed E-state index contributed by atoms with van der Waals surface area (Å²) in [6.45, 7) is 1.07. The summed E-state index contributed by atoms with van der Waals surface area (Å²) in [6.07, 6.45) is 3.65. The van der Waals surface area contributed by atoms with Crippen LogP contribution >= 0.6 is 0 Å². The van der Waals surface area contributed by atoms with Crippen LogP contribution in [0, 0.1) is 0 Å². The van der Waals surface area contributed by atoms with Gasteiger partial charge in [0, 0.05) is 31.4 Å². The third-order valence-electron chi connectivity index (χ3n) is 3.37. The summed E-state index contributed by atoms with van der Waals surface area (Å²) >= 11 is 0. The second-order valence-electron chi connectivity index (χ2n) is 4.81. The van der Waals surface area contributed by atoms with Gasteiger partial charge >= 0.3 is 0 Å². The molecule has 1 aliphatic rings. The molecule has 1 N–H and O–H groups in total. The van der Waals surface area contributed by atoms with E-state index in [1.165, 1.54) is 12.3 Å². The quantitative estimate of drug-likeness (QED) is 0.898. The molecule has 7 heteroatoms. The average molecular weight is 286 g/mol. The lowest BCUT2D eigenvalue weighted by Gasteiger charge is -2.16. The molecule has 0 saturated carbocycles. The SMILES string of the molecule is O=C(N[C@H]1CCN(C(=O)c2ccccn2)C1)c1ccon1. The van der Waals surface area contributed by atoms with Crippen molar-refractivity contribution in [2.75, 3.05) is 13.1 Å². The zero-order valence-electron chi connectivity index (χ0n) is 11.2. The Morgan fingerprint density at radius 1 is 1.29 bits per heavy atom. The summed E-state index contributed by atoms with van der Waals surface area (Å²) in [5.74, 6) is -0.408. The molecule has 108 valence electrons. The third kappa shape index (κ3) is 2.91. The number of hydrogen-bond donors (Lipinski definition) is 1. The summed E-state index contributed by atoms with van der Waals surface area (Å²) in [5, 5.41) is 6.42. The zero-order chi connectivity index (χ0) is 14.7. The van der Waals surface area contributed by atoms with E-state index in [1.54, 1.807) is 29.3 Å². The van der Waals surface area contributed by atoms with Crippen molar-refractivity contribution in [1.82, 2.24) is 20.4 Å². The highest BCUT2D eigenvalue weighted by Gasteiger charge is 2.29.